The number of hydrogen-bond donors (Lipinski definition) is 1. The first kappa shape index (κ1) is 9.70. The molecular weight excluding hydrogens is 168 g/mol. The molecule has 5 nitrogen and oxygen atoms in total. The van der Waals surface area contributed by atoms with E-state index in [1.54, 1.807) is 4.68 Å². The molecule has 0 aromatic carbocycles. The molecule has 0 aliphatic carbocycles. The molecule has 0 bridgehead atoms. The van der Waals surface area contributed by atoms with Crippen LogP contribution in [0.25, 0.3) is 0 Å². The Morgan fingerprint density at radius 1 is 1.46 bits per heavy atom. The van der Waals surface area contributed by atoms with Gasteiger partial charge in [-0.1, -0.05) is 19.1 Å². The lowest BCUT2D eigenvalue weighted by Crippen LogP contribution is -2.21. The van der Waals surface area contributed by atoms with Gasteiger partial charge in [-0.05, 0) is 12.8 Å². The third kappa shape index (κ3) is 2.05. The van der Waals surface area contributed by atoms with Crippen molar-refractivity contribution >= 4 is 5.91 Å². The molecule has 5 heteroatoms. The monoisotopic (exact) mass is 182 g/mol. The minimum atomic E-state index is -0.387. The predicted molar refractivity (Wildman–Crippen MR) is 48.0 cm³/mol. The van der Waals surface area contributed by atoms with Crippen LogP contribution >= 0.6 is 0 Å². The van der Waals surface area contributed by atoms with Gasteiger partial charge in [-0.3, -0.25) is 4.79 Å². The van der Waals surface area contributed by atoms with E-state index in [2.05, 4.69) is 10.3 Å². The van der Waals surface area contributed by atoms with Gasteiger partial charge in [0.05, 0.1) is 11.4 Å². The number of amides is 1. The van der Waals surface area contributed by atoms with Crippen molar-refractivity contribution in [3.8, 4) is 0 Å². The largest absolute Gasteiger partial charge is 0.368 e. The minimum absolute atomic E-state index is 0.121. The van der Waals surface area contributed by atoms with Crippen LogP contribution in [0.2, 0.25) is 0 Å². The Balaban J connectivity index is 2.93. The number of carbonyl (C=O) groups is 1. The van der Waals surface area contributed by atoms with Crippen LogP contribution in [0.15, 0.2) is 0 Å². The summed E-state index contributed by atoms with van der Waals surface area (Å²) in [6.45, 7) is 4.14. The fourth-order valence-corrected chi connectivity index (χ4v) is 1.30. The Morgan fingerprint density at radius 3 is 2.62 bits per heavy atom. The van der Waals surface area contributed by atoms with Gasteiger partial charge in [-0.25, -0.2) is 4.68 Å². The zero-order chi connectivity index (χ0) is 9.84. The van der Waals surface area contributed by atoms with Crippen LogP contribution in [0.3, 0.4) is 0 Å². The SMILES string of the molecule is CCc1nnn(CC(N)=O)c1CC. The summed E-state index contributed by atoms with van der Waals surface area (Å²) in [6, 6.07) is 0. The van der Waals surface area contributed by atoms with Crippen LogP contribution < -0.4 is 5.73 Å². The van der Waals surface area contributed by atoms with E-state index in [1.807, 2.05) is 13.8 Å². The van der Waals surface area contributed by atoms with Gasteiger partial charge in [0.2, 0.25) is 5.91 Å². The van der Waals surface area contributed by atoms with Gasteiger partial charge in [0.15, 0.2) is 0 Å². The molecule has 1 rings (SSSR count). The summed E-state index contributed by atoms with van der Waals surface area (Å²) in [7, 11) is 0. The van der Waals surface area contributed by atoms with Gasteiger partial charge in [-0.15, -0.1) is 5.10 Å². The summed E-state index contributed by atoms with van der Waals surface area (Å²) in [5.41, 5.74) is 7.02. The van der Waals surface area contributed by atoms with Crippen molar-refractivity contribution < 1.29 is 4.79 Å². The van der Waals surface area contributed by atoms with Gasteiger partial charge in [0, 0.05) is 0 Å². The molecule has 1 heterocycles. The van der Waals surface area contributed by atoms with E-state index in [0.717, 1.165) is 24.2 Å². The number of nitrogens with two attached hydrogens (primary N) is 1. The quantitative estimate of drug-likeness (QED) is 0.706. The van der Waals surface area contributed by atoms with Crippen molar-refractivity contribution in [3.05, 3.63) is 11.4 Å². The molecule has 0 atom stereocenters. The van der Waals surface area contributed by atoms with E-state index < -0.39 is 0 Å². The number of aromatic nitrogens is 3. The highest BCUT2D eigenvalue weighted by Crippen LogP contribution is 2.06. The number of primary amides is 1. The second kappa shape index (κ2) is 4.02. The molecule has 0 radical (unpaired) electrons. The highest BCUT2D eigenvalue weighted by Gasteiger charge is 2.10. The molecule has 0 aliphatic rings. The Labute approximate surface area is 76.9 Å². The van der Waals surface area contributed by atoms with Gasteiger partial charge in [0.25, 0.3) is 0 Å². The first-order valence-electron chi connectivity index (χ1n) is 4.38. The fraction of sp³-hybridized carbons (Fsp3) is 0.625. The van der Waals surface area contributed by atoms with Crippen LogP contribution in [0.4, 0.5) is 0 Å². The maximum absolute atomic E-state index is 10.7. The van der Waals surface area contributed by atoms with Gasteiger partial charge in [-0.2, -0.15) is 0 Å². The van der Waals surface area contributed by atoms with E-state index in [-0.39, 0.29) is 12.5 Å². The molecule has 0 unspecified atom stereocenters. The lowest BCUT2D eigenvalue weighted by molar-refractivity contribution is -0.118. The second-order valence-corrected chi connectivity index (χ2v) is 2.81. The lowest BCUT2D eigenvalue weighted by Gasteiger charge is -2.01. The first-order valence-corrected chi connectivity index (χ1v) is 4.38. The van der Waals surface area contributed by atoms with E-state index in [1.165, 1.54) is 0 Å². The molecular formula is C8H14N4O. The van der Waals surface area contributed by atoms with Gasteiger partial charge in [0.1, 0.15) is 6.54 Å². The smallest absolute Gasteiger partial charge is 0.239 e. The van der Waals surface area contributed by atoms with E-state index >= 15 is 0 Å². The molecule has 72 valence electrons. The van der Waals surface area contributed by atoms with Crippen LogP contribution in [0.1, 0.15) is 25.2 Å². The first-order chi connectivity index (χ1) is 6.19. The average molecular weight is 182 g/mol. The lowest BCUT2D eigenvalue weighted by atomic mass is 10.2. The number of aryl methyl sites for hydroxylation is 1. The van der Waals surface area contributed by atoms with Crippen molar-refractivity contribution in [2.24, 2.45) is 5.73 Å². The van der Waals surface area contributed by atoms with Crippen molar-refractivity contribution in [1.82, 2.24) is 15.0 Å². The van der Waals surface area contributed by atoms with E-state index in [0.29, 0.717) is 0 Å². The molecule has 0 aliphatic heterocycles. The maximum atomic E-state index is 10.7. The van der Waals surface area contributed by atoms with E-state index in [4.69, 9.17) is 5.73 Å². The van der Waals surface area contributed by atoms with Crippen molar-refractivity contribution in [2.45, 2.75) is 33.2 Å². The topological polar surface area (TPSA) is 73.8 Å². The zero-order valence-electron chi connectivity index (χ0n) is 7.95. The second-order valence-electron chi connectivity index (χ2n) is 2.81. The summed E-state index contributed by atoms with van der Waals surface area (Å²) >= 11 is 0. The molecule has 0 saturated heterocycles. The number of hydrogen-bond acceptors (Lipinski definition) is 3. The van der Waals surface area contributed by atoms with Crippen LogP contribution in [-0.2, 0) is 24.2 Å². The third-order valence-corrected chi connectivity index (χ3v) is 1.89. The highest BCUT2D eigenvalue weighted by atomic mass is 16.1. The summed E-state index contributed by atoms with van der Waals surface area (Å²) < 4.78 is 1.57. The van der Waals surface area contributed by atoms with Gasteiger partial charge < -0.3 is 5.73 Å². The Hall–Kier alpha value is -1.39. The van der Waals surface area contributed by atoms with Gasteiger partial charge >= 0.3 is 0 Å². The molecule has 0 saturated carbocycles. The zero-order valence-corrected chi connectivity index (χ0v) is 7.95. The van der Waals surface area contributed by atoms with Crippen LogP contribution in [0, 0.1) is 0 Å². The van der Waals surface area contributed by atoms with Crippen LogP contribution in [0.5, 0.6) is 0 Å². The summed E-state index contributed by atoms with van der Waals surface area (Å²) in [6.07, 6.45) is 1.66. The number of carbonyl (C=O) groups excluding carboxylic acids is 1. The number of nitrogens with zero attached hydrogens (tertiary/aromatic N) is 3. The molecule has 2 N–H and O–H groups in total. The number of rotatable bonds is 4. The normalized spacial score (nSPS) is 10.3. The molecule has 1 amide bonds. The summed E-state index contributed by atoms with van der Waals surface area (Å²) in [5, 5.41) is 7.83. The van der Waals surface area contributed by atoms with Crippen molar-refractivity contribution in [2.75, 3.05) is 0 Å². The predicted octanol–water partition coefficient (Wildman–Crippen LogP) is -0.112. The Morgan fingerprint density at radius 2 is 2.15 bits per heavy atom. The van der Waals surface area contributed by atoms with Crippen molar-refractivity contribution in [3.63, 3.8) is 0 Å². The molecule has 0 spiro atoms. The van der Waals surface area contributed by atoms with E-state index in [9.17, 15) is 4.79 Å². The summed E-state index contributed by atoms with van der Waals surface area (Å²) in [4.78, 5) is 10.7. The molecule has 0 fully saturated rings. The Kier molecular flexibility index (Phi) is 3.00. The maximum Gasteiger partial charge on any atom is 0.239 e. The third-order valence-electron chi connectivity index (χ3n) is 1.89. The highest BCUT2D eigenvalue weighted by molar-refractivity contribution is 5.73. The van der Waals surface area contributed by atoms with Crippen LogP contribution in [-0.4, -0.2) is 20.9 Å². The molecule has 13 heavy (non-hydrogen) atoms. The van der Waals surface area contributed by atoms with Crippen molar-refractivity contribution in [1.29, 1.82) is 0 Å². The Bertz CT molecular complexity index is 305. The standard InChI is InChI=1S/C8H14N4O/c1-3-6-7(4-2)12(11-10-6)5-8(9)13/h3-5H2,1-2H3,(H2,9,13). The molecule has 1 aromatic heterocycles. The fourth-order valence-electron chi connectivity index (χ4n) is 1.30. The minimum Gasteiger partial charge on any atom is -0.368 e. The molecule has 1 aromatic rings. The summed E-state index contributed by atoms with van der Waals surface area (Å²) in [5.74, 6) is -0.387. The average Bonchev–Trinajstić information content (AvgIpc) is 2.45.